The maximum absolute atomic E-state index is 13.0. The Hall–Kier alpha value is -3.00. The number of rotatable bonds is 6. The highest BCUT2D eigenvalue weighted by Crippen LogP contribution is 2.36. The van der Waals surface area contributed by atoms with E-state index in [0.29, 0.717) is 42.6 Å². The number of hydrogen-bond acceptors (Lipinski definition) is 4. The van der Waals surface area contributed by atoms with Crippen LogP contribution in [-0.2, 0) is 13.0 Å². The normalized spacial score (nSPS) is 16.1. The fraction of sp³-hybridized carbons (Fsp3) is 0.391. The zero-order chi connectivity index (χ0) is 19.5. The quantitative estimate of drug-likeness (QED) is 0.745. The van der Waals surface area contributed by atoms with E-state index in [1.165, 1.54) is 25.7 Å². The molecule has 1 heterocycles. The molecule has 5 nitrogen and oxygen atoms in total. The van der Waals surface area contributed by atoms with Crippen LogP contribution in [0, 0.1) is 17.2 Å². The number of methoxy groups -OCH3 is 1. The monoisotopic (exact) mass is 376 g/mol. The molecule has 1 amide bonds. The number of carbonyl (C=O) groups excluding carboxylic acids is 1. The minimum atomic E-state index is -0.0401. The summed E-state index contributed by atoms with van der Waals surface area (Å²) in [6.45, 7) is 1.21. The van der Waals surface area contributed by atoms with Crippen molar-refractivity contribution in [2.75, 3.05) is 18.6 Å². The summed E-state index contributed by atoms with van der Waals surface area (Å²) in [7, 11) is 1.63. The first-order chi connectivity index (χ1) is 13.7. The van der Waals surface area contributed by atoms with Crippen LogP contribution >= 0.6 is 0 Å². The van der Waals surface area contributed by atoms with Gasteiger partial charge in [0, 0.05) is 17.3 Å². The third-order valence-electron chi connectivity index (χ3n) is 5.67. The zero-order valence-corrected chi connectivity index (χ0v) is 16.1. The molecule has 1 aliphatic heterocycles. The van der Waals surface area contributed by atoms with Crippen LogP contribution in [0.15, 0.2) is 36.4 Å². The van der Waals surface area contributed by atoms with Gasteiger partial charge in [-0.3, -0.25) is 4.79 Å². The molecule has 0 aromatic heterocycles. The van der Waals surface area contributed by atoms with Gasteiger partial charge in [0.1, 0.15) is 0 Å². The summed E-state index contributed by atoms with van der Waals surface area (Å²) in [6, 6.07) is 13.5. The number of anilines is 1. The molecule has 0 bridgehead atoms. The zero-order valence-electron chi connectivity index (χ0n) is 16.1. The first-order valence-corrected chi connectivity index (χ1v) is 9.81. The van der Waals surface area contributed by atoms with Crippen molar-refractivity contribution in [1.82, 2.24) is 0 Å². The van der Waals surface area contributed by atoms with Crippen LogP contribution in [0.1, 0.15) is 47.2 Å². The summed E-state index contributed by atoms with van der Waals surface area (Å²) < 4.78 is 11.5. The topological polar surface area (TPSA) is 62.6 Å². The second-order valence-corrected chi connectivity index (χ2v) is 7.51. The Balaban J connectivity index is 1.56. The Morgan fingerprint density at radius 3 is 2.71 bits per heavy atom. The molecule has 144 valence electrons. The average molecular weight is 376 g/mol. The standard InChI is InChI=1S/C23H24N2O3/c1-27-21-9-8-19(13-22(21)28-15-17-4-2-3-5-17)25-14-18-7-6-16(10-11-24)12-20(18)23(25)26/h6-9,12-13,17H,2-5,10,14-15H2,1H3. The van der Waals surface area contributed by atoms with Gasteiger partial charge in [-0.15, -0.1) is 0 Å². The summed E-state index contributed by atoms with van der Waals surface area (Å²) in [6.07, 6.45) is 5.29. The molecule has 2 aliphatic rings. The summed E-state index contributed by atoms with van der Waals surface area (Å²) in [4.78, 5) is 14.7. The van der Waals surface area contributed by atoms with E-state index in [2.05, 4.69) is 6.07 Å². The lowest BCUT2D eigenvalue weighted by Crippen LogP contribution is -2.23. The molecule has 28 heavy (non-hydrogen) atoms. The molecule has 2 aromatic rings. The lowest BCUT2D eigenvalue weighted by Gasteiger charge is -2.19. The molecule has 0 radical (unpaired) electrons. The van der Waals surface area contributed by atoms with E-state index in [1.807, 2.05) is 36.4 Å². The number of nitriles is 1. The van der Waals surface area contributed by atoms with Gasteiger partial charge in [-0.1, -0.05) is 25.0 Å². The van der Waals surface area contributed by atoms with Crippen molar-refractivity contribution in [3.05, 3.63) is 53.1 Å². The van der Waals surface area contributed by atoms with Crippen LogP contribution in [0.25, 0.3) is 0 Å². The minimum absolute atomic E-state index is 0.0401. The van der Waals surface area contributed by atoms with Crippen LogP contribution in [0.5, 0.6) is 11.5 Å². The Kier molecular flexibility index (Phi) is 5.21. The molecule has 0 N–H and O–H groups in total. The van der Waals surface area contributed by atoms with E-state index in [9.17, 15) is 4.79 Å². The molecule has 0 atom stereocenters. The van der Waals surface area contributed by atoms with Crippen LogP contribution < -0.4 is 14.4 Å². The number of nitrogens with zero attached hydrogens (tertiary/aromatic N) is 2. The van der Waals surface area contributed by atoms with Gasteiger partial charge in [-0.05, 0) is 48.1 Å². The average Bonchev–Trinajstić information content (AvgIpc) is 3.35. The molecule has 0 spiro atoms. The molecular weight excluding hydrogens is 352 g/mol. The number of benzene rings is 2. The van der Waals surface area contributed by atoms with Crippen molar-refractivity contribution in [3.63, 3.8) is 0 Å². The van der Waals surface area contributed by atoms with Crippen LogP contribution in [0.3, 0.4) is 0 Å². The van der Waals surface area contributed by atoms with Gasteiger partial charge in [0.2, 0.25) is 0 Å². The number of fused-ring (bicyclic) bond motifs is 1. The Morgan fingerprint density at radius 1 is 1.14 bits per heavy atom. The molecule has 5 heteroatoms. The maximum atomic E-state index is 13.0. The smallest absolute Gasteiger partial charge is 0.258 e. The van der Waals surface area contributed by atoms with Gasteiger partial charge < -0.3 is 14.4 Å². The summed E-state index contributed by atoms with van der Waals surface area (Å²) in [5.41, 5.74) is 3.32. The lowest BCUT2D eigenvalue weighted by molar-refractivity contribution is 0.0996. The van der Waals surface area contributed by atoms with Gasteiger partial charge in [-0.2, -0.15) is 5.26 Å². The van der Waals surface area contributed by atoms with E-state index >= 15 is 0 Å². The molecule has 0 saturated heterocycles. The first kappa shape index (κ1) is 18.4. The van der Waals surface area contributed by atoms with E-state index < -0.39 is 0 Å². The largest absolute Gasteiger partial charge is 0.493 e. The minimum Gasteiger partial charge on any atom is -0.493 e. The number of hydrogen-bond donors (Lipinski definition) is 0. The lowest BCUT2D eigenvalue weighted by atomic mass is 10.0. The third-order valence-corrected chi connectivity index (χ3v) is 5.67. The highest BCUT2D eigenvalue weighted by Gasteiger charge is 2.29. The van der Waals surface area contributed by atoms with Gasteiger partial charge >= 0.3 is 0 Å². The van der Waals surface area contributed by atoms with E-state index in [1.54, 1.807) is 12.0 Å². The molecule has 1 aliphatic carbocycles. The third kappa shape index (κ3) is 3.55. The number of ether oxygens (including phenoxy) is 2. The molecular formula is C23H24N2O3. The van der Waals surface area contributed by atoms with E-state index in [4.69, 9.17) is 14.7 Å². The van der Waals surface area contributed by atoms with Crippen molar-refractivity contribution in [2.24, 2.45) is 5.92 Å². The van der Waals surface area contributed by atoms with Crippen molar-refractivity contribution in [2.45, 2.75) is 38.6 Å². The van der Waals surface area contributed by atoms with Crippen LogP contribution in [0.2, 0.25) is 0 Å². The second kappa shape index (κ2) is 7.93. The van der Waals surface area contributed by atoms with Gasteiger partial charge in [0.25, 0.3) is 5.91 Å². The predicted octanol–water partition coefficient (Wildman–Crippen LogP) is 4.49. The predicted molar refractivity (Wildman–Crippen MR) is 107 cm³/mol. The molecule has 1 saturated carbocycles. The molecule has 4 rings (SSSR count). The molecule has 0 unspecified atom stereocenters. The fourth-order valence-electron chi connectivity index (χ4n) is 4.09. The van der Waals surface area contributed by atoms with Crippen molar-refractivity contribution in [1.29, 1.82) is 5.26 Å². The van der Waals surface area contributed by atoms with Gasteiger partial charge in [-0.25, -0.2) is 0 Å². The highest BCUT2D eigenvalue weighted by molar-refractivity contribution is 6.10. The summed E-state index contributed by atoms with van der Waals surface area (Å²) >= 11 is 0. The first-order valence-electron chi connectivity index (χ1n) is 9.81. The Labute approximate surface area is 165 Å². The Morgan fingerprint density at radius 2 is 1.96 bits per heavy atom. The second-order valence-electron chi connectivity index (χ2n) is 7.51. The van der Waals surface area contributed by atoms with Crippen molar-refractivity contribution >= 4 is 11.6 Å². The van der Waals surface area contributed by atoms with Crippen LogP contribution in [-0.4, -0.2) is 19.6 Å². The molecule has 2 aromatic carbocycles. The number of amides is 1. The highest BCUT2D eigenvalue weighted by atomic mass is 16.5. The van der Waals surface area contributed by atoms with Gasteiger partial charge in [0.05, 0.1) is 32.8 Å². The SMILES string of the molecule is COc1ccc(N2Cc3ccc(CC#N)cc3C2=O)cc1OCC1CCCC1. The van der Waals surface area contributed by atoms with Crippen molar-refractivity contribution in [3.8, 4) is 17.6 Å². The Bertz CT molecular complexity index is 926. The molecule has 1 fully saturated rings. The van der Waals surface area contributed by atoms with E-state index in [0.717, 1.165) is 16.8 Å². The maximum Gasteiger partial charge on any atom is 0.258 e. The summed E-state index contributed by atoms with van der Waals surface area (Å²) in [5, 5.41) is 8.90. The van der Waals surface area contributed by atoms with Crippen LogP contribution in [0.4, 0.5) is 5.69 Å². The van der Waals surface area contributed by atoms with Crippen molar-refractivity contribution < 1.29 is 14.3 Å². The van der Waals surface area contributed by atoms with E-state index in [-0.39, 0.29) is 5.91 Å². The van der Waals surface area contributed by atoms with Gasteiger partial charge in [0.15, 0.2) is 11.5 Å². The number of carbonyl (C=O) groups is 1. The summed E-state index contributed by atoms with van der Waals surface area (Å²) in [5.74, 6) is 1.93. The fourth-order valence-corrected chi connectivity index (χ4v) is 4.09.